The summed E-state index contributed by atoms with van der Waals surface area (Å²) in [5.41, 5.74) is 3.08. The molecule has 0 aliphatic heterocycles. The van der Waals surface area contributed by atoms with Crippen LogP contribution in [0, 0.1) is 0 Å². The van der Waals surface area contributed by atoms with E-state index in [4.69, 9.17) is 5.84 Å². The highest BCUT2D eigenvalue weighted by atomic mass is 16.2. The van der Waals surface area contributed by atoms with Crippen LogP contribution < -0.4 is 11.3 Å². The van der Waals surface area contributed by atoms with Gasteiger partial charge in [0.2, 0.25) is 0 Å². The lowest BCUT2D eigenvalue weighted by Gasteiger charge is -2.21. The zero-order chi connectivity index (χ0) is 12.3. The van der Waals surface area contributed by atoms with Gasteiger partial charge in [-0.25, -0.2) is 10.8 Å². The summed E-state index contributed by atoms with van der Waals surface area (Å²) in [6.45, 7) is 2.91. The lowest BCUT2D eigenvalue weighted by atomic mass is 10.2. The van der Waals surface area contributed by atoms with Crippen LogP contribution in [0.1, 0.15) is 36.5 Å². The summed E-state index contributed by atoms with van der Waals surface area (Å²) in [4.78, 5) is 18.3. The molecule has 92 valence electrons. The maximum absolute atomic E-state index is 12.3. The van der Waals surface area contributed by atoms with Gasteiger partial charge in [-0.1, -0.05) is 6.92 Å². The van der Waals surface area contributed by atoms with Crippen molar-refractivity contribution < 1.29 is 4.79 Å². The second kappa shape index (κ2) is 5.14. The van der Waals surface area contributed by atoms with E-state index in [-0.39, 0.29) is 5.91 Å². The van der Waals surface area contributed by atoms with Crippen LogP contribution in [0.3, 0.4) is 0 Å². The molecular weight excluding hydrogens is 216 g/mol. The second-order valence-corrected chi connectivity index (χ2v) is 4.31. The summed E-state index contributed by atoms with van der Waals surface area (Å²) in [6.07, 6.45) is 4.81. The Morgan fingerprint density at radius 2 is 2.35 bits per heavy atom. The Morgan fingerprint density at radius 3 is 2.82 bits per heavy atom. The number of anilines is 1. The van der Waals surface area contributed by atoms with Crippen LogP contribution in [0.2, 0.25) is 0 Å². The van der Waals surface area contributed by atoms with Crippen LogP contribution in [0.5, 0.6) is 0 Å². The first-order chi connectivity index (χ1) is 8.26. The van der Waals surface area contributed by atoms with Gasteiger partial charge in [-0.05, 0) is 31.4 Å². The van der Waals surface area contributed by atoms with Crippen molar-refractivity contribution in [3.8, 4) is 0 Å². The molecule has 0 spiro atoms. The minimum atomic E-state index is 0.0745. The molecule has 0 unspecified atom stereocenters. The first kappa shape index (κ1) is 11.9. The molecular formula is C12H18N4O. The van der Waals surface area contributed by atoms with Crippen LogP contribution in [0.15, 0.2) is 18.3 Å². The molecule has 2 rings (SSSR count). The molecule has 0 atom stereocenters. The first-order valence-electron chi connectivity index (χ1n) is 6.00. The van der Waals surface area contributed by atoms with Crippen LogP contribution >= 0.6 is 0 Å². The van der Waals surface area contributed by atoms with E-state index >= 15 is 0 Å². The number of nitrogens with one attached hydrogen (secondary N) is 1. The third kappa shape index (κ3) is 2.74. The maximum Gasteiger partial charge on any atom is 0.255 e. The Hall–Kier alpha value is -1.62. The lowest BCUT2D eigenvalue weighted by molar-refractivity contribution is 0.0743. The van der Waals surface area contributed by atoms with Crippen molar-refractivity contribution >= 4 is 11.7 Å². The van der Waals surface area contributed by atoms with Gasteiger partial charge in [0.25, 0.3) is 5.91 Å². The van der Waals surface area contributed by atoms with Crippen molar-refractivity contribution in [3.05, 3.63) is 23.9 Å². The van der Waals surface area contributed by atoms with Crippen molar-refractivity contribution in [2.75, 3.05) is 12.0 Å². The Kier molecular flexibility index (Phi) is 3.58. The molecule has 1 aliphatic carbocycles. The Morgan fingerprint density at radius 1 is 1.59 bits per heavy atom. The zero-order valence-electron chi connectivity index (χ0n) is 10.0. The van der Waals surface area contributed by atoms with Crippen LogP contribution in [0.4, 0.5) is 5.82 Å². The number of carbonyl (C=O) groups is 1. The van der Waals surface area contributed by atoms with E-state index in [0.717, 1.165) is 25.8 Å². The molecule has 1 fully saturated rings. The third-order valence-electron chi connectivity index (χ3n) is 2.87. The van der Waals surface area contributed by atoms with Crippen LogP contribution in [0.25, 0.3) is 0 Å². The van der Waals surface area contributed by atoms with Gasteiger partial charge in [0.1, 0.15) is 5.82 Å². The molecule has 0 radical (unpaired) electrons. The van der Waals surface area contributed by atoms with E-state index in [1.807, 2.05) is 4.90 Å². The van der Waals surface area contributed by atoms with Crippen LogP contribution in [-0.4, -0.2) is 28.4 Å². The Bertz CT molecular complexity index is 386. The average molecular weight is 234 g/mol. The van der Waals surface area contributed by atoms with Crippen molar-refractivity contribution in [1.29, 1.82) is 0 Å². The summed E-state index contributed by atoms with van der Waals surface area (Å²) >= 11 is 0. The van der Waals surface area contributed by atoms with Gasteiger partial charge < -0.3 is 10.3 Å². The predicted octanol–water partition coefficient (Wildman–Crippen LogP) is 1.38. The van der Waals surface area contributed by atoms with Gasteiger partial charge in [0.05, 0.1) is 5.56 Å². The fourth-order valence-corrected chi connectivity index (χ4v) is 1.85. The van der Waals surface area contributed by atoms with Gasteiger partial charge in [0, 0.05) is 18.8 Å². The molecule has 1 saturated carbocycles. The van der Waals surface area contributed by atoms with E-state index < -0.39 is 0 Å². The van der Waals surface area contributed by atoms with Crippen molar-refractivity contribution in [2.45, 2.75) is 32.2 Å². The fourth-order valence-electron chi connectivity index (χ4n) is 1.85. The summed E-state index contributed by atoms with van der Waals surface area (Å²) in [5, 5.41) is 0. The lowest BCUT2D eigenvalue weighted by Crippen LogP contribution is -2.33. The molecule has 0 saturated heterocycles. The number of nitrogen functional groups attached to an aromatic ring is 1. The zero-order valence-corrected chi connectivity index (χ0v) is 10.0. The smallest absolute Gasteiger partial charge is 0.255 e. The second-order valence-electron chi connectivity index (χ2n) is 4.31. The number of hydrogen-bond donors (Lipinski definition) is 2. The minimum absolute atomic E-state index is 0.0745. The SMILES string of the molecule is CCCN(C(=O)c1ccc(NN)nc1)C1CC1. The molecule has 0 aromatic carbocycles. The number of amides is 1. The van der Waals surface area contributed by atoms with Gasteiger partial charge in [-0.2, -0.15) is 0 Å². The maximum atomic E-state index is 12.3. The molecule has 1 aliphatic rings. The first-order valence-corrected chi connectivity index (χ1v) is 6.00. The van der Waals surface area contributed by atoms with Crippen LogP contribution in [-0.2, 0) is 0 Å². The molecule has 1 amide bonds. The summed E-state index contributed by atoms with van der Waals surface area (Å²) in [7, 11) is 0. The number of hydrogen-bond acceptors (Lipinski definition) is 4. The monoisotopic (exact) mass is 234 g/mol. The Balaban J connectivity index is 2.10. The predicted molar refractivity (Wildman–Crippen MR) is 66.4 cm³/mol. The van der Waals surface area contributed by atoms with E-state index in [1.165, 1.54) is 0 Å². The summed E-state index contributed by atoms with van der Waals surface area (Å²) < 4.78 is 0. The number of aromatic nitrogens is 1. The van der Waals surface area contributed by atoms with Gasteiger partial charge in [-0.3, -0.25) is 4.79 Å². The topological polar surface area (TPSA) is 71.2 Å². The molecule has 1 heterocycles. The quantitative estimate of drug-likeness (QED) is 0.596. The molecule has 3 N–H and O–H groups in total. The van der Waals surface area contributed by atoms with E-state index in [0.29, 0.717) is 17.4 Å². The minimum Gasteiger partial charge on any atom is -0.336 e. The number of hydrazine groups is 1. The highest BCUT2D eigenvalue weighted by molar-refractivity contribution is 5.94. The highest BCUT2D eigenvalue weighted by Gasteiger charge is 2.32. The number of nitrogens with two attached hydrogens (primary N) is 1. The van der Waals surface area contributed by atoms with Gasteiger partial charge in [-0.15, -0.1) is 0 Å². The Labute approximate surface area is 101 Å². The average Bonchev–Trinajstić information content (AvgIpc) is 3.19. The van der Waals surface area contributed by atoms with Crippen molar-refractivity contribution in [2.24, 2.45) is 5.84 Å². The van der Waals surface area contributed by atoms with Gasteiger partial charge >= 0.3 is 0 Å². The van der Waals surface area contributed by atoms with Gasteiger partial charge in [0.15, 0.2) is 0 Å². The third-order valence-corrected chi connectivity index (χ3v) is 2.87. The fraction of sp³-hybridized carbons (Fsp3) is 0.500. The molecule has 17 heavy (non-hydrogen) atoms. The number of carbonyl (C=O) groups excluding carboxylic acids is 1. The number of rotatable bonds is 5. The number of pyridine rings is 1. The van der Waals surface area contributed by atoms with Crippen molar-refractivity contribution in [3.63, 3.8) is 0 Å². The van der Waals surface area contributed by atoms with E-state index in [2.05, 4.69) is 17.3 Å². The molecule has 5 nitrogen and oxygen atoms in total. The largest absolute Gasteiger partial charge is 0.336 e. The van der Waals surface area contributed by atoms with E-state index in [1.54, 1.807) is 18.3 Å². The normalized spacial score (nSPS) is 14.5. The molecule has 1 aromatic rings. The molecule has 5 heteroatoms. The van der Waals surface area contributed by atoms with E-state index in [9.17, 15) is 4.79 Å². The molecule has 0 bridgehead atoms. The van der Waals surface area contributed by atoms with Crippen molar-refractivity contribution in [1.82, 2.24) is 9.88 Å². The molecule has 1 aromatic heterocycles. The standard InChI is InChI=1S/C12H18N4O/c1-2-7-16(10-4-5-10)12(17)9-3-6-11(15-13)14-8-9/h3,6,8,10H,2,4-5,7,13H2,1H3,(H,14,15). The highest BCUT2D eigenvalue weighted by Crippen LogP contribution is 2.28. The number of nitrogens with zero attached hydrogens (tertiary/aromatic N) is 2. The summed E-state index contributed by atoms with van der Waals surface area (Å²) in [5.74, 6) is 5.87. The summed E-state index contributed by atoms with van der Waals surface area (Å²) in [6, 6.07) is 3.91.